The number of hydrogen-bond acceptors (Lipinski definition) is 2. The van der Waals surface area contributed by atoms with E-state index in [1.54, 1.807) is 0 Å². The standard InChI is InChI=1S/H2O4S.7H2O.Tl/c1-5(2,3)4;;;;;;;;/h(H2,1,2,3,4);7*1H2;. The van der Waals surface area contributed by atoms with E-state index in [1.807, 2.05) is 0 Å². The van der Waals surface area contributed by atoms with Crippen LogP contribution in [0.4, 0.5) is 0 Å². The van der Waals surface area contributed by atoms with Gasteiger partial charge in [-0.2, -0.15) is 8.42 Å². The summed E-state index contributed by atoms with van der Waals surface area (Å²) in [5.41, 5.74) is 0. The van der Waals surface area contributed by atoms with Gasteiger partial charge in [0.1, 0.15) is 0 Å². The zero-order chi connectivity index (χ0) is 4.50. The maximum Gasteiger partial charge on any atom is 0.394 e. The molecule has 0 fully saturated rings. The third-order valence-corrected chi connectivity index (χ3v) is 0. The summed E-state index contributed by atoms with van der Waals surface area (Å²) in [6.45, 7) is 0. The fourth-order valence-electron chi connectivity index (χ4n) is 0. The van der Waals surface area contributed by atoms with Crippen molar-refractivity contribution < 1.29 is 55.9 Å². The second kappa shape index (κ2) is 39.1. The van der Waals surface area contributed by atoms with Crippen LogP contribution in [0.2, 0.25) is 0 Å². The Balaban J connectivity index is -0.00000000286. The van der Waals surface area contributed by atoms with Gasteiger partial charge in [-0.15, -0.1) is 0 Å². The van der Waals surface area contributed by atoms with Crippen LogP contribution in [0.15, 0.2) is 0 Å². The Hall–Kier alpha value is 0.512. The van der Waals surface area contributed by atoms with Gasteiger partial charge in [-0.05, 0) is 0 Å². The molecule has 13 heavy (non-hydrogen) atoms. The molecule has 0 unspecified atom stereocenters. The zero-order valence-electron chi connectivity index (χ0n) is 6.20. The molecule has 0 atom stereocenters. The second-order valence-corrected chi connectivity index (χ2v) is 1.34. The van der Waals surface area contributed by atoms with Gasteiger partial charge < -0.3 is 38.3 Å². The van der Waals surface area contributed by atoms with Crippen molar-refractivity contribution in [2.45, 2.75) is 0 Å². The summed E-state index contributed by atoms with van der Waals surface area (Å²) in [5, 5.41) is 0. The van der Waals surface area contributed by atoms with Crippen molar-refractivity contribution in [1.82, 2.24) is 0 Å². The third-order valence-electron chi connectivity index (χ3n) is 0. The van der Waals surface area contributed by atoms with Crippen LogP contribution in [0.5, 0.6) is 0 Å². The molecule has 0 aliphatic heterocycles. The van der Waals surface area contributed by atoms with E-state index in [1.165, 1.54) is 0 Å². The Labute approximate surface area is 93.7 Å². The van der Waals surface area contributed by atoms with E-state index < -0.39 is 10.4 Å². The van der Waals surface area contributed by atoms with Gasteiger partial charge in [-0.3, -0.25) is 9.11 Å². The molecule has 1 radical (unpaired) electrons. The quantitative estimate of drug-likeness (QED) is 0.280. The Morgan fingerprint density at radius 2 is 0.615 bits per heavy atom. The molecule has 0 aromatic carbocycles. The average Bonchev–Trinajstić information content (AvgIpc) is 0.722. The van der Waals surface area contributed by atoms with Gasteiger partial charge in [0, 0.05) is 27.3 Å². The summed E-state index contributed by atoms with van der Waals surface area (Å²) in [6.07, 6.45) is 0. The first kappa shape index (κ1) is 104. The molecule has 0 amide bonds. The first-order valence-corrected chi connectivity index (χ1v) is 2.10. The predicted octanol–water partition coefficient (Wildman–Crippen LogP) is -6.81. The van der Waals surface area contributed by atoms with Crippen LogP contribution in [-0.2, 0) is 10.4 Å². The van der Waals surface area contributed by atoms with Gasteiger partial charge in [0.15, 0.2) is 0 Å². The van der Waals surface area contributed by atoms with Gasteiger partial charge in [-0.1, -0.05) is 0 Å². The van der Waals surface area contributed by atoms with E-state index in [0.29, 0.717) is 0 Å². The topological polar surface area (TPSA) is 295 Å². The van der Waals surface area contributed by atoms with E-state index in [4.69, 9.17) is 17.5 Å². The molecule has 0 aliphatic carbocycles. The molecular formula is H16O11STl. The van der Waals surface area contributed by atoms with Crippen molar-refractivity contribution in [2.75, 3.05) is 0 Å². The van der Waals surface area contributed by atoms with Gasteiger partial charge in [-0.25, -0.2) is 0 Å². The molecule has 0 aromatic heterocycles. The molecule has 0 spiro atoms. The van der Waals surface area contributed by atoms with E-state index in [9.17, 15) is 0 Å². The van der Waals surface area contributed by atoms with Crippen LogP contribution in [0.1, 0.15) is 0 Å². The van der Waals surface area contributed by atoms with Gasteiger partial charge in [0.25, 0.3) is 0 Å². The molecule has 0 saturated carbocycles. The van der Waals surface area contributed by atoms with E-state index in [0.717, 1.165) is 0 Å². The van der Waals surface area contributed by atoms with Crippen molar-refractivity contribution in [1.29, 1.82) is 0 Å². The molecule has 13 heteroatoms. The van der Waals surface area contributed by atoms with Crippen LogP contribution in [-0.4, -0.2) is 83.2 Å². The minimum absolute atomic E-state index is 0. The fourth-order valence-corrected chi connectivity index (χ4v) is 0. The SMILES string of the molecule is O.O.O.O.O.O.O.O=S(=O)(O)O.[Tl]. The van der Waals surface area contributed by atoms with Crippen LogP contribution in [0.25, 0.3) is 0 Å². The maximum absolute atomic E-state index is 8.74. The molecule has 11 nitrogen and oxygen atoms in total. The Bertz CT molecular complexity index is 93.3. The number of hydrogen-bond donors (Lipinski definition) is 2. The Kier molecular flexibility index (Phi) is 313. The summed E-state index contributed by atoms with van der Waals surface area (Å²) >= 11 is 0. The molecular weight excluding hydrogens is 412 g/mol. The number of rotatable bonds is 0. The first-order chi connectivity index (χ1) is 2.00. The summed E-state index contributed by atoms with van der Waals surface area (Å²) in [7, 11) is -4.67. The van der Waals surface area contributed by atoms with E-state index in [2.05, 4.69) is 0 Å². The molecule has 0 aromatic rings. The molecule has 16 N–H and O–H groups in total. The second-order valence-electron chi connectivity index (χ2n) is 0.448. The molecule has 0 aliphatic rings. The van der Waals surface area contributed by atoms with Crippen molar-refractivity contribution >= 4 is 37.7 Å². The Morgan fingerprint density at radius 1 is 0.615 bits per heavy atom. The average molecular weight is 429 g/mol. The Morgan fingerprint density at radius 3 is 0.615 bits per heavy atom. The first-order valence-electron chi connectivity index (χ1n) is 0.698. The maximum atomic E-state index is 8.74. The smallest absolute Gasteiger partial charge is 0.394 e. The summed E-state index contributed by atoms with van der Waals surface area (Å²) in [6, 6.07) is 0. The van der Waals surface area contributed by atoms with Gasteiger partial charge >= 0.3 is 10.4 Å². The summed E-state index contributed by atoms with van der Waals surface area (Å²) in [5.74, 6) is 0. The monoisotopic (exact) mass is 429 g/mol. The molecule has 0 rings (SSSR count). The fraction of sp³-hybridized carbons (Fsp3) is 0. The zero-order valence-corrected chi connectivity index (χ0v) is 11.5. The normalized spacial score (nSPS) is 4.46. The minimum Gasteiger partial charge on any atom is -0.412 e. The van der Waals surface area contributed by atoms with Crippen molar-refractivity contribution in [3.05, 3.63) is 0 Å². The molecule has 91 valence electrons. The van der Waals surface area contributed by atoms with E-state index in [-0.39, 0.29) is 65.6 Å². The largest absolute Gasteiger partial charge is 0.412 e. The molecule has 0 bridgehead atoms. The third kappa shape index (κ3) is 5270. The summed E-state index contributed by atoms with van der Waals surface area (Å²) < 4.78 is 31.6. The summed E-state index contributed by atoms with van der Waals surface area (Å²) in [4.78, 5) is 0. The van der Waals surface area contributed by atoms with Crippen molar-refractivity contribution in [3.63, 3.8) is 0 Å². The van der Waals surface area contributed by atoms with E-state index >= 15 is 0 Å². The predicted molar refractivity (Wildman–Crippen MR) is 45.2 cm³/mol. The minimum atomic E-state index is -4.67. The van der Waals surface area contributed by atoms with Gasteiger partial charge in [0.05, 0.1) is 0 Å². The molecule has 0 heterocycles. The van der Waals surface area contributed by atoms with Crippen molar-refractivity contribution in [3.8, 4) is 0 Å². The molecule has 0 saturated heterocycles. The van der Waals surface area contributed by atoms with Crippen LogP contribution >= 0.6 is 0 Å². The van der Waals surface area contributed by atoms with Crippen LogP contribution in [0.3, 0.4) is 0 Å². The van der Waals surface area contributed by atoms with Crippen LogP contribution in [0, 0.1) is 0 Å². The van der Waals surface area contributed by atoms with Gasteiger partial charge in [0.2, 0.25) is 0 Å². The van der Waals surface area contributed by atoms with Crippen molar-refractivity contribution in [2.24, 2.45) is 0 Å². The van der Waals surface area contributed by atoms with Crippen LogP contribution < -0.4 is 0 Å².